The van der Waals surface area contributed by atoms with Crippen LogP contribution in [0.15, 0.2) is 12.4 Å². The number of nitrogens with one attached hydrogen (secondary N) is 1. The van der Waals surface area contributed by atoms with Gasteiger partial charge in [-0.15, -0.1) is 0 Å². The van der Waals surface area contributed by atoms with Crippen molar-refractivity contribution in [3.05, 3.63) is 18.0 Å². The monoisotopic (exact) mass is 276 g/mol. The highest BCUT2D eigenvalue weighted by molar-refractivity contribution is 5.28. The zero-order valence-electron chi connectivity index (χ0n) is 13.3. The molecule has 0 aromatic carbocycles. The van der Waals surface area contributed by atoms with Gasteiger partial charge in [0, 0.05) is 43.6 Å². The summed E-state index contributed by atoms with van der Waals surface area (Å²) in [5.74, 6) is 1.67. The molecule has 1 fully saturated rings. The average Bonchev–Trinajstić information content (AvgIpc) is 2.89. The van der Waals surface area contributed by atoms with Crippen molar-refractivity contribution in [1.82, 2.24) is 15.3 Å². The first kappa shape index (κ1) is 15.2. The lowest BCUT2D eigenvalue weighted by Crippen LogP contribution is -2.35. The molecule has 20 heavy (non-hydrogen) atoms. The van der Waals surface area contributed by atoms with E-state index < -0.39 is 0 Å². The third-order valence-corrected chi connectivity index (χ3v) is 3.86. The van der Waals surface area contributed by atoms with Gasteiger partial charge in [-0.05, 0) is 39.5 Å². The molecule has 1 aliphatic rings. The molecule has 0 atom stereocenters. The maximum atomic E-state index is 4.50. The average molecular weight is 276 g/mol. The zero-order valence-corrected chi connectivity index (χ0v) is 13.3. The first-order chi connectivity index (χ1) is 9.44. The Morgan fingerprint density at radius 1 is 1.20 bits per heavy atom. The molecule has 0 bridgehead atoms. The summed E-state index contributed by atoms with van der Waals surface area (Å²) in [7, 11) is 2.10. The van der Waals surface area contributed by atoms with Crippen molar-refractivity contribution in [3.63, 3.8) is 0 Å². The lowest BCUT2D eigenvalue weighted by Gasteiger charge is -2.22. The van der Waals surface area contributed by atoms with Gasteiger partial charge in [0.05, 0.1) is 0 Å². The SMILES string of the molecule is CN(CC1CCCC1)c1ncc(CNC(C)(C)C)cn1. The Kier molecular flexibility index (Phi) is 4.97. The van der Waals surface area contributed by atoms with Crippen molar-refractivity contribution in [2.75, 3.05) is 18.5 Å². The minimum Gasteiger partial charge on any atom is -0.344 e. The smallest absolute Gasteiger partial charge is 0.225 e. The molecule has 1 aliphatic carbocycles. The van der Waals surface area contributed by atoms with Crippen molar-refractivity contribution in [1.29, 1.82) is 0 Å². The van der Waals surface area contributed by atoms with Crippen molar-refractivity contribution in [2.45, 2.75) is 58.5 Å². The fraction of sp³-hybridized carbons (Fsp3) is 0.750. The van der Waals surface area contributed by atoms with Crippen LogP contribution in [0.1, 0.15) is 52.0 Å². The van der Waals surface area contributed by atoms with Crippen LogP contribution in [0.25, 0.3) is 0 Å². The molecule has 1 aromatic heterocycles. The predicted octanol–water partition coefficient (Wildman–Crippen LogP) is 2.99. The van der Waals surface area contributed by atoms with E-state index >= 15 is 0 Å². The molecular formula is C16H28N4. The van der Waals surface area contributed by atoms with Crippen LogP contribution in [0.5, 0.6) is 0 Å². The number of nitrogens with zero attached hydrogens (tertiary/aromatic N) is 3. The molecule has 2 rings (SSSR count). The Labute approximate surface area is 123 Å². The van der Waals surface area contributed by atoms with E-state index in [9.17, 15) is 0 Å². The molecule has 0 amide bonds. The van der Waals surface area contributed by atoms with Crippen LogP contribution < -0.4 is 10.2 Å². The van der Waals surface area contributed by atoms with E-state index in [0.29, 0.717) is 0 Å². The summed E-state index contributed by atoms with van der Waals surface area (Å²) in [5.41, 5.74) is 1.26. The molecule has 1 N–H and O–H groups in total. The first-order valence-electron chi connectivity index (χ1n) is 7.71. The molecule has 0 spiro atoms. The normalized spacial score (nSPS) is 16.6. The minimum atomic E-state index is 0.123. The molecule has 0 unspecified atom stereocenters. The van der Waals surface area contributed by atoms with Crippen molar-refractivity contribution < 1.29 is 0 Å². The van der Waals surface area contributed by atoms with E-state index in [2.05, 4.69) is 48.0 Å². The van der Waals surface area contributed by atoms with Gasteiger partial charge < -0.3 is 10.2 Å². The Morgan fingerprint density at radius 3 is 2.35 bits per heavy atom. The van der Waals surface area contributed by atoms with Gasteiger partial charge in [0.15, 0.2) is 0 Å². The van der Waals surface area contributed by atoms with Gasteiger partial charge in [-0.1, -0.05) is 12.8 Å². The van der Waals surface area contributed by atoms with Crippen LogP contribution in [-0.2, 0) is 6.54 Å². The van der Waals surface area contributed by atoms with Gasteiger partial charge >= 0.3 is 0 Å². The largest absolute Gasteiger partial charge is 0.344 e. The molecule has 1 aromatic rings. The molecule has 112 valence electrons. The summed E-state index contributed by atoms with van der Waals surface area (Å²) >= 11 is 0. The molecule has 1 heterocycles. The molecule has 4 nitrogen and oxygen atoms in total. The van der Waals surface area contributed by atoms with Crippen molar-refractivity contribution in [3.8, 4) is 0 Å². The van der Waals surface area contributed by atoms with E-state index in [1.54, 1.807) is 0 Å². The van der Waals surface area contributed by atoms with Gasteiger partial charge in [-0.25, -0.2) is 9.97 Å². The fourth-order valence-electron chi connectivity index (χ4n) is 2.67. The van der Waals surface area contributed by atoms with Crippen molar-refractivity contribution >= 4 is 5.95 Å². The number of aromatic nitrogens is 2. The predicted molar refractivity (Wildman–Crippen MR) is 83.9 cm³/mol. The Bertz CT molecular complexity index is 401. The Balaban J connectivity index is 1.86. The summed E-state index contributed by atoms with van der Waals surface area (Å²) in [6.45, 7) is 8.39. The summed E-state index contributed by atoms with van der Waals surface area (Å²) in [6, 6.07) is 0. The number of hydrogen-bond acceptors (Lipinski definition) is 4. The number of rotatable bonds is 5. The second-order valence-electron chi connectivity index (χ2n) is 7.03. The summed E-state index contributed by atoms with van der Waals surface area (Å²) < 4.78 is 0. The summed E-state index contributed by atoms with van der Waals surface area (Å²) in [4.78, 5) is 11.2. The van der Waals surface area contributed by atoms with Crippen LogP contribution in [0.3, 0.4) is 0 Å². The standard InChI is InChI=1S/C16H28N4/c1-16(2,3)19-11-14-9-17-15(18-10-14)20(4)12-13-7-5-6-8-13/h9-10,13,19H,5-8,11-12H2,1-4H3. The van der Waals surface area contributed by atoms with E-state index in [1.807, 2.05) is 12.4 Å². The maximum absolute atomic E-state index is 4.50. The first-order valence-corrected chi connectivity index (χ1v) is 7.71. The van der Waals surface area contributed by atoms with Gasteiger partial charge in [-0.2, -0.15) is 0 Å². The topological polar surface area (TPSA) is 41.1 Å². The zero-order chi connectivity index (χ0) is 14.6. The Hall–Kier alpha value is -1.16. The van der Waals surface area contributed by atoms with Crippen LogP contribution in [0, 0.1) is 5.92 Å². The summed E-state index contributed by atoms with van der Waals surface area (Å²) in [6.07, 6.45) is 9.36. The van der Waals surface area contributed by atoms with Gasteiger partial charge in [0.25, 0.3) is 0 Å². The second-order valence-corrected chi connectivity index (χ2v) is 7.03. The number of anilines is 1. The van der Waals surface area contributed by atoms with Crippen LogP contribution in [-0.4, -0.2) is 29.1 Å². The van der Waals surface area contributed by atoms with Gasteiger partial charge in [0.1, 0.15) is 0 Å². The third-order valence-electron chi connectivity index (χ3n) is 3.86. The number of hydrogen-bond donors (Lipinski definition) is 1. The van der Waals surface area contributed by atoms with Crippen LogP contribution in [0.2, 0.25) is 0 Å². The van der Waals surface area contributed by atoms with E-state index in [4.69, 9.17) is 0 Å². The van der Waals surface area contributed by atoms with Crippen LogP contribution in [0.4, 0.5) is 5.95 Å². The van der Waals surface area contributed by atoms with E-state index in [1.165, 1.54) is 25.7 Å². The van der Waals surface area contributed by atoms with E-state index in [-0.39, 0.29) is 5.54 Å². The third kappa shape index (κ3) is 4.75. The molecule has 1 saturated carbocycles. The lowest BCUT2D eigenvalue weighted by atomic mass is 10.1. The molecular weight excluding hydrogens is 248 g/mol. The lowest BCUT2D eigenvalue weighted by molar-refractivity contribution is 0.423. The minimum absolute atomic E-state index is 0.123. The fourth-order valence-corrected chi connectivity index (χ4v) is 2.67. The second kappa shape index (κ2) is 6.53. The van der Waals surface area contributed by atoms with Crippen LogP contribution >= 0.6 is 0 Å². The highest BCUT2D eigenvalue weighted by Gasteiger charge is 2.18. The van der Waals surface area contributed by atoms with Crippen molar-refractivity contribution in [2.24, 2.45) is 5.92 Å². The highest BCUT2D eigenvalue weighted by Crippen LogP contribution is 2.25. The molecule has 0 saturated heterocycles. The highest BCUT2D eigenvalue weighted by atomic mass is 15.2. The maximum Gasteiger partial charge on any atom is 0.225 e. The Morgan fingerprint density at radius 2 is 1.80 bits per heavy atom. The molecule has 0 radical (unpaired) electrons. The molecule has 0 aliphatic heterocycles. The van der Waals surface area contributed by atoms with E-state index in [0.717, 1.165) is 30.5 Å². The van der Waals surface area contributed by atoms with Gasteiger partial charge in [-0.3, -0.25) is 0 Å². The quantitative estimate of drug-likeness (QED) is 0.897. The molecule has 4 heteroatoms. The summed E-state index contributed by atoms with van der Waals surface area (Å²) in [5, 5.41) is 3.45. The van der Waals surface area contributed by atoms with Gasteiger partial charge in [0.2, 0.25) is 5.95 Å².